The summed E-state index contributed by atoms with van der Waals surface area (Å²) < 4.78 is 0. The Kier molecular flexibility index (Phi) is 6.25. The van der Waals surface area contributed by atoms with Crippen LogP contribution in [0.2, 0.25) is 10.2 Å². The number of carbonyl (C=O) groups is 2. The molecule has 0 aromatic carbocycles. The molecule has 2 fully saturated rings. The molecule has 25 heavy (non-hydrogen) atoms. The molecule has 0 aliphatic carbocycles. The number of halogens is 2. The quantitative estimate of drug-likeness (QED) is 0.867. The van der Waals surface area contributed by atoms with E-state index in [0.29, 0.717) is 43.4 Å². The molecule has 2 saturated heterocycles. The molecule has 3 heterocycles. The minimum atomic E-state index is -0.104. The fourth-order valence-corrected chi connectivity index (χ4v) is 3.72. The third kappa shape index (κ3) is 4.68. The summed E-state index contributed by atoms with van der Waals surface area (Å²) in [5.41, 5.74) is 0.407. The normalized spacial score (nSPS) is 19.8. The lowest BCUT2D eigenvalue weighted by molar-refractivity contribution is -0.132. The number of nitrogens with one attached hydrogen (secondary N) is 1. The Morgan fingerprint density at radius 2 is 1.56 bits per heavy atom. The first kappa shape index (κ1) is 18.5. The van der Waals surface area contributed by atoms with Crippen molar-refractivity contribution in [3.8, 4) is 0 Å². The van der Waals surface area contributed by atoms with Crippen LogP contribution in [0.5, 0.6) is 0 Å². The van der Waals surface area contributed by atoms with Crippen LogP contribution in [0.15, 0.2) is 6.07 Å². The zero-order valence-corrected chi connectivity index (χ0v) is 15.8. The average Bonchev–Trinajstić information content (AvgIpc) is 2.82. The summed E-state index contributed by atoms with van der Waals surface area (Å²) in [6.07, 6.45) is 4.65. The minimum absolute atomic E-state index is 0.104. The largest absolute Gasteiger partial charge is 0.342 e. The molecule has 6 nitrogen and oxygen atoms in total. The van der Waals surface area contributed by atoms with E-state index in [0.717, 1.165) is 25.9 Å². The van der Waals surface area contributed by atoms with Crippen molar-refractivity contribution in [3.05, 3.63) is 21.9 Å². The van der Waals surface area contributed by atoms with E-state index in [2.05, 4.69) is 9.88 Å². The molecule has 0 spiro atoms. The third-order valence-corrected chi connectivity index (χ3v) is 5.63. The lowest BCUT2D eigenvalue weighted by Crippen LogP contribution is -2.51. The van der Waals surface area contributed by atoms with Gasteiger partial charge in [-0.1, -0.05) is 36.0 Å². The second-order valence-corrected chi connectivity index (χ2v) is 7.49. The van der Waals surface area contributed by atoms with Crippen LogP contribution in [0, 0.1) is 0 Å². The highest BCUT2D eigenvalue weighted by molar-refractivity contribution is 6.41. The summed E-state index contributed by atoms with van der Waals surface area (Å²) >= 11 is 11.8. The molecule has 3 rings (SSSR count). The minimum Gasteiger partial charge on any atom is -0.342 e. The second kappa shape index (κ2) is 8.43. The van der Waals surface area contributed by atoms with E-state index < -0.39 is 0 Å². The highest BCUT2D eigenvalue weighted by atomic mass is 35.5. The molecule has 0 atom stereocenters. The first-order valence-electron chi connectivity index (χ1n) is 8.88. The number of aromatic amines is 1. The average molecular weight is 387 g/mol. The van der Waals surface area contributed by atoms with E-state index in [4.69, 9.17) is 23.2 Å². The maximum absolute atomic E-state index is 12.5. The summed E-state index contributed by atoms with van der Waals surface area (Å²) in [6, 6.07) is 1.56. The number of amides is 2. The maximum atomic E-state index is 12.5. The van der Waals surface area contributed by atoms with Crippen LogP contribution < -0.4 is 0 Å². The molecule has 2 aliphatic heterocycles. The topological polar surface area (TPSA) is 59.7 Å². The Morgan fingerprint density at radius 3 is 2.12 bits per heavy atom. The summed E-state index contributed by atoms with van der Waals surface area (Å²) in [6.45, 7) is 4.81. The molecule has 1 aromatic heterocycles. The molecule has 0 saturated carbocycles. The van der Waals surface area contributed by atoms with Crippen molar-refractivity contribution >= 4 is 35.0 Å². The highest BCUT2D eigenvalue weighted by Gasteiger charge is 2.26. The van der Waals surface area contributed by atoms with Gasteiger partial charge >= 0.3 is 0 Å². The monoisotopic (exact) mass is 386 g/mol. The summed E-state index contributed by atoms with van der Waals surface area (Å²) in [5.74, 6) is 0.108. The van der Waals surface area contributed by atoms with Crippen molar-refractivity contribution in [2.45, 2.75) is 25.7 Å². The van der Waals surface area contributed by atoms with Crippen LogP contribution in [0.4, 0.5) is 0 Å². The maximum Gasteiger partial charge on any atom is 0.270 e. The van der Waals surface area contributed by atoms with Crippen LogP contribution >= 0.6 is 23.2 Å². The number of piperazine rings is 1. The first-order chi connectivity index (χ1) is 12.0. The number of H-pyrrole nitrogens is 1. The molecule has 0 radical (unpaired) electrons. The van der Waals surface area contributed by atoms with Gasteiger partial charge < -0.3 is 14.8 Å². The molecule has 2 amide bonds. The summed E-state index contributed by atoms with van der Waals surface area (Å²) in [4.78, 5) is 33.6. The van der Waals surface area contributed by atoms with Gasteiger partial charge in [0.1, 0.15) is 10.8 Å². The predicted molar refractivity (Wildman–Crippen MR) is 98.2 cm³/mol. The Balaban J connectivity index is 1.48. The molecule has 8 heteroatoms. The SMILES string of the molecule is O=C(CN1CCN(C(=O)c2cc(Cl)c(Cl)[nH]2)CC1)N1CCCCCC1. The number of nitrogens with zero attached hydrogens (tertiary/aromatic N) is 3. The zero-order valence-electron chi connectivity index (χ0n) is 14.3. The first-order valence-corrected chi connectivity index (χ1v) is 9.63. The fraction of sp³-hybridized carbons (Fsp3) is 0.647. The van der Waals surface area contributed by atoms with Crippen molar-refractivity contribution in [3.63, 3.8) is 0 Å². The predicted octanol–water partition coefficient (Wildman–Crippen LogP) is 2.48. The van der Waals surface area contributed by atoms with E-state index in [9.17, 15) is 9.59 Å². The molecule has 0 unspecified atom stereocenters. The van der Waals surface area contributed by atoms with Gasteiger partial charge in [0.05, 0.1) is 11.6 Å². The molecule has 1 N–H and O–H groups in total. The van der Waals surface area contributed by atoms with Crippen molar-refractivity contribution in [1.29, 1.82) is 0 Å². The molecular formula is C17H24Cl2N4O2. The lowest BCUT2D eigenvalue weighted by atomic mass is 10.2. The van der Waals surface area contributed by atoms with Gasteiger partial charge in [-0.25, -0.2) is 0 Å². The van der Waals surface area contributed by atoms with Gasteiger partial charge in [0.15, 0.2) is 0 Å². The number of hydrogen-bond donors (Lipinski definition) is 1. The molecule has 1 aromatic rings. The van der Waals surface area contributed by atoms with Gasteiger partial charge in [0.25, 0.3) is 5.91 Å². The van der Waals surface area contributed by atoms with Crippen molar-refractivity contribution < 1.29 is 9.59 Å². The molecular weight excluding hydrogens is 363 g/mol. The van der Waals surface area contributed by atoms with Crippen LogP contribution in [0.25, 0.3) is 0 Å². The Bertz CT molecular complexity index is 599. The van der Waals surface area contributed by atoms with Gasteiger partial charge in [0.2, 0.25) is 5.91 Å². The molecule has 2 aliphatic rings. The van der Waals surface area contributed by atoms with Gasteiger partial charge in [-0.2, -0.15) is 0 Å². The van der Waals surface area contributed by atoms with Crippen LogP contribution in [-0.4, -0.2) is 77.3 Å². The van der Waals surface area contributed by atoms with Crippen molar-refractivity contribution in [2.75, 3.05) is 45.8 Å². The number of carbonyl (C=O) groups excluding carboxylic acids is 2. The smallest absolute Gasteiger partial charge is 0.270 e. The van der Waals surface area contributed by atoms with E-state index in [1.807, 2.05) is 4.90 Å². The standard InChI is InChI=1S/C17H24Cl2N4O2/c18-13-11-14(20-16(13)19)17(25)23-9-7-21(8-10-23)12-15(24)22-5-3-1-2-4-6-22/h11,20H,1-10,12H2. The number of aromatic nitrogens is 1. The number of likely N-dealkylation sites (tertiary alicyclic amines) is 1. The number of hydrogen-bond acceptors (Lipinski definition) is 3. The van der Waals surface area contributed by atoms with Gasteiger partial charge in [-0.05, 0) is 18.9 Å². The fourth-order valence-electron chi connectivity index (χ4n) is 3.41. The lowest BCUT2D eigenvalue weighted by Gasteiger charge is -2.35. The van der Waals surface area contributed by atoms with Crippen LogP contribution in [0.1, 0.15) is 36.2 Å². The van der Waals surface area contributed by atoms with Gasteiger partial charge in [0, 0.05) is 39.3 Å². The van der Waals surface area contributed by atoms with Crippen LogP contribution in [-0.2, 0) is 4.79 Å². The van der Waals surface area contributed by atoms with E-state index in [1.165, 1.54) is 12.8 Å². The third-order valence-electron chi connectivity index (χ3n) is 4.93. The van der Waals surface area contributed by atoms with Crippen LogP contribution in [0.3, 0.4) is 0 Å². The second-order valence-electron chi connectivity index (χ2n) is 6.71. The molecule has 138 valence electrons. The highest BCUT2D eigenvalue weighted by Crippen LogP contribution is 2.23. The molecule has 0 bridgehead atoms. The van der Waals surface area contributed by atoms with E-state index >= 15 is 0 Å². The van der Waals surface area contributed by atoms with Gasteiger partial charge in [-0.15, -0.1) is 0 Å². The Morgan fingerprint density at radius 1 is 0.920 bits per heavy atom. The summed E-state index contributed by atoms with van der Waals surface area (Å²) in [5, 5.41) is 0.637. The van der Waals surface area contributed by atoms with Gasteiger partial charge in [-0.3, -0.25) is 14.5 Å². The van der Waals surface area contributed by atoms with E-state index in [1.54, 1.807) is 11.0 Å². The summed E-state index contributed by atoms with van der Waals surface area (Å²) in [7, 11) is 0. The zero-order chi connectivity index (χ0) is 17.8. The van der Waals surface area contributed by atoms with E-state index in [-0.39, 0.29) is 17.0 Å². The van der Waals surface area contributed by atoms with Crippen molar-refractivity contribution in [2.24, 2.45) is 0 Å². The number of rotatable bonds is 3. The Labute approximate surface area is 158 Å². The Hall–Kier alpha value is -1.24. The van der Waals surface area contributed by atoms with Crippen molar-refractivity contribution in [1.82, 2.24) is 19.7 Å².